The maximum atomic E-state index is 13.1. The van der Waals surface area contributed by atoms with E-state index in [0.717, 1.165) is 23.5 Å². The Morgan fingerprint density at radius 1 is 1.23 bits per heavy atom. The van der Waals surface area contributed by atoms with E-state index in [0.29, 0.717) is 29.8 Å². The Morgan fingerprint density at radius 2 is 1.87 bits per heavy atom. The van der Waals surface area contributed by atoms with Crippen LogP contribution >= 0.6 is 11.3 Å². The number of carbonyl (C=O) groups excluding carboxylic acids is 2. The van der Waals surface area contributed by atoms with Gasteiger partial charge >= 0.3 is 5.97 Å². The molecule has 1 aliphatic heterocycles. The zero-order valence-corrected chi connectivity index (χ0v) is 19.5. The molecule has 0 bridgehead atoms. The topological polar surface area (TPSA) is 92.8 Å². The van der Waals surface area contributed by atoms with Crippen LogP contribution < -0.4 is 4.72 Å². The Morgan fingerprint density at radius 3 is 2.45 bits per heavy atom. The van der Waals surface area contributed by atoms with Gasteiger partial charge in [-0.2, -0.15) is 0 Å². The van der Waals surface area contributed by atoms with E-state index in [-0.39, 0.29) is 33.3 Å². The van der Waals surface area contributed by atoms with Crippen molar-refractivity contribution in [1.82, 2.24) is 4.90 Å². The van der Waals surface area contributed by atoms with Crippen molar-refractivity contribution in [3.63, 3.8) is 0 Å². The summed E-state index contributed by atoms with van der Waals surface area (Å²) in [5.74, 6) is -1.25. The van der Waals surface area contributed by atoms with Crippen LogP contribution in [0.3, 0.4) is 0 Å². The number of hydrogen-bond acceptors (Lipinski definition) is 6. The van der Waals surface area contributed by atoms with Crippen LogP contribution in [0.25, 0.3) is 0 Å². The quantitative estimate of drug-likeness (QED) is 0.674. The van der Waals surface area contributed by atoms with Crippen molar-refractivity contribution in [2.24, 2.45) is 5.41 Å². The second-order valence-electron chi connectivity index (χ2n) is 8.57. The number of anilines is 1. The van der Waals surface area contributed by atoms with Crippen LogP contribution in [0.2, 0.25) is 0 Å². The molecule has 2 aromatic rings. The predicted octanol–water partition coefficient (Wildman–Crippen LogP) is 3.80. The summed E-state index contributed by atoms with van der Waals surface area (Å²) in [4.78, 5) is 27.5. The Hall–Kier alpha value is -2.46. The molecule has 1 aromatic heterocycles. The van der Waals surface area contributed by atoms with Crippen LogP contribution in [0.4, 0.5) is 10.1 Å². The lowest BCUT2D eigenvalue weighted by Gasteiger charge is -2.30. The number of fused-ring (bicyclic) bond motifs is 1. The fourth-order valence-electron chi connectivity index (χ4n) is 3.37. The number of nitrogens with zero attached hydrogens (tertiary/aromatic N) is 1. The molecule has 0 radical (unpaired) electrons. The highest BCUT2D eigenvalue weighted by atomic mass is 32.2. The second kappa shape index (κ2) is 8.58. The molecule has 3 rings (SSSR count). The molecule has 7 nitrogen and oxygen atoms in total. The number of carbonyl (C=O) groups is 2. The molecule has 0 aliphatic carbocycles. The van der Waals surface area contributed by atoms with Crippen LogP contribution in [0, 0.1) is 11.2 Å². The molecular formula is C21H25FN2O5S2. The van der Waals surface area contributed by atoms with Gasteiger partial charge in [0.25, 0.3) is 10.0 Å². The number of amides is 1. The summed E-state index contributed by atoms with van der Waals surface area (Å²) >= 11 is 0.955. The van der Waals surface area contributed by atoms with Crippen LogP contribution in [-0.2, 0) is 32.5 Å². The number of hydrogen-bond donors (Lipinski definition) is 1. The van der Waals surface area contributed by atoms with E-state index in [1.165, 1.54) is 19.2 Å². The van der Waals surface area contributed by atoms with E-state index in [1.807, 2.05) is 20.8 Å². The lowest BCUT2D eigenvalue weighted by Crippen LogP contribution is -2.37. The summed E-state index contributed by atoms with van der Waals surface area (Å²) in [6, 6.07) is 4.87. The molecule has 0 unspecified atom stereocenters. The SMILES string of the molecule is COC(=O)c1c(S(=O)(=O)Nc2ccc(F)cc2)sc2c1CCN(C(=O)CC(C)(C)C)C2. The van der Waals surface area contributed by atoms with Gasteiger partial charge in [0.05, 0.1) is 19.2 Å². The van der Waals surface area contributed by atoms with Crippen molar-refractivity contribution in [2.45, 2.75) is 44.4 Å². The number of sulfonamides is 1. The molecule has 1 aromatic carbocycles. The van der Waals surface area contributed by atoms with E-state index >= 15 is 0 Å². The standard InChI is InChI=1S/C21H25FN2O5S2/c1-21(2,3)11-17(25)24-10-9-15-16(12-24)30-20(18(15)19(26)29-4)31(27,28)23-14-7-5-13(22)6-8-14/h5-8,23H,9-12H2,1-4H3. The number of halogens is 1. The van der Waals surface area contributed by atoms with E-state index in [9.17, 15) is 22.4 Å². The summed E-state index contributed by atoms with van der Waals surface area (Å²) in [7, 11) is -2.94. The molecule has 0 spiro atoms. The minimum atomic E-state index is -4.13. The van der Waals surface area contributed by atoms with E-state index < -0.39 is 21.8 Å². The molecule has 0 saturated heterocycles. The first-order chi connectivity index (χ1) is 14.4. The van der Waals surface area contributed by atoms with Crippen molar-refractivity contribution in [3.8, 4) is 0 Å². The van der Waals surface area contributed by atoms with Gasteiger partial charge < -0.3 is 9.64 Å². The van der Waals surface area contributed by atoms with E-state index in [4.69, 9.17) is 4.74 Å². The number of esters is 1. The van der Waals surface area contributed by atoms with Gasteiger partial charge in [0.15, 0.2) is 4.21 Å². The second-order valence-corrected chi connectivity index (χ2v) is 11.6. The predicted molar refractivity (Wildman–Crippen MR) is 116 cm³/mol. The van der Waals surface area contributed by atoms with E-state index in [1.54, 1.807) is 4.90 Å². The molecule has 1 N–H and O–H groups in total. The summed E-state index contributed by atoms with van der Waals surface area (Å²) in [6.07, 6.45) is 0.729. The largest absolute Gasteiger partial charge is 0.465 e. The maximum Gasteiger partial charge on any atom is 0.340 e. The summed E-state index contributed by atoms with van der Waals surface area (Å²) in [6.45, 7) is 6.57. The number of methoxy groups -OCH3 is 1. The monoisotopic (exact) mass is 468 g/mol. The number of benzene rings is 1. The lowest BCUT2D eigenvalue weighted by atomic mass is 9.91. The van der Waals surface area contributed by atoms with Gasteiger partial charge in [0.2, 0.25) is 5.91 Å². The van der Waals surface area contributed by atoms with Crippen molar-refractivity contribution in [1.29, 1.82) is 0 Å². The average Bonchev–Trinajstić information content (AvgIpc) is 3.07. The van der Waals surface area contributed by atoms with Gasteiger partial charge in [-0.3, -0.25) is 9.52 Å². The minimum Gasteiger partial charge on any atom is -0.465 e. The normalized spacial score (nSPS) is 14.2. The van der Waals surface area contributed by atoms with Crippen LogP contribution in [0.15, 0.2) is 28.5 Å². The number of rotatable bonds is 5. The fourth-order valence-corrected chi connectivity index (χ4v) is 6.33. The Balaban J connectivity index is 1.96. The molecule has 0 fully saturated rings. The Bertz CT molecular complexity index is 1100. The third-order valence-electron chi connectivity index (χ3n) is 4.79. The van der Waals surface area contributed by atoms with Crippen molar-refractivity contribution < 1.29 is 27.1 Å². The highest BCUT2D eigenvalue weighted by molar-refractivity contribution is 7.94. The number of thiophene rings is 1. The molecule has 10 heteroatoms. The maximum absolute atomic E-state index is 13.1. The summed E-state index contributed by atoms with van der Waals surface area (Å²) in [5.41, 5.74) is 0.596. The third kappa shape index (κ3) is 5.24. The van der Waals surface area contributed by atoms with Gasteiger partial charge in [0, 0.05) is 23.5 Å². The molecule has 168 valence electrons. The lowest BCUT2D eigenvalue weighted by molar-refractivity contribution is -0.133. The highest BCUT2D eigenvalue weighted by Crippen LogP contribution is 2.38. The van der Waals surface area contributed by atoms with Gasteiger partial charge in [-0.1, -0.05) is 20.8 Å². The Kier molecular flexibility index (Phi) is 6.43. The molecule has 2 heterocycles. The summed E-state index contributed by atoms with van der Waals surface area (Å²) in [5, 5.41) is 0. The van der Waals surface area contributed by atoms with Crippen LogP contribution in [-0.4, -0.2) is 38.8 Å². The zero-order chi connectivity index (χ0) is 23.0. The van der Waals surface area contributed by atoms with Crippen molar-refractivity contribution in [3.05, 3.63) is 46.1 Å². The minimum absolute atomic E-state index is 0.0000297. The molecule has 31 heavy (non-hydrogen) atoms. The Labute approximate surface area is 185 Å². The molecule has 1 amide bonds. The van der Waals surface area contributed by atoms with Gasteiger partial charge in [-0.15, -0.1) is 11.3 Å². The molecule has 0 saturated carbocycles. The molecule has 0 atom stereocenters. The van der Waals surface area contributed by atoms with Gasteiger partial charge in [-0.05, 0) is 41.7 Å². The van der Waals surface area contributed by atoms with Crippen molar-refractivity contribution >= 4 is 38.9 Å². The molecular weight excluding hydrogens is 443 g/mol. The summed E-state index contributed by atoms with van der Waals surface area (Å²) < 4.78 is 46.3. The first kappa shape index (κ1) is 23.2. The first-order valence-electron chi connectivity index (χ1n) is 9.70. The van der Waals surface area contributed by atoms with Crippen LogP contribution in [0.1, 0.15) is 48.0 Å². The molecule has 1 aliphatic rings. The van der Waals surface area contributed by atoms with E-state index in [2.05, 4.69) is 4.72 Å². The van der Waals surface area contributed by atoms with Gasteiger partial charge in [0.1, 0.15) is 5.82 Å². The van der Waals surface area contributed by atoms with Crippen LogP contribution in [0.5, 0.6) is 0 Å². The average molecular weight is 469 g/mol. The van der Waals surface area contributed by atoms with Gasteiger partial charge in [-0.25, -0.2) is 17.6 Å². The van der Waals surface area contributed by atoms with Crippen molar-refractivity contribution in [2.75, 3.05) is 18.4 Å². The fraction of sp³-hybridized carbons (Fsp3) is 0.429. The smallest absolute Gasteiger partial charge is 0.340 e. The number of nitrogens with one attached hydrogen (secondary N) is 1. The highest BCUT2D eigenvalue weighted by Gasteiger charge is 2.35. The first-order valence-corrected chi connectivity index (χ1v) is 12.0. The third-order valence-corrected chi connectivity index (χ3v) is 7.91. The number of ether oxygens (including phenoxy) is 1. The zero-order valence-electron chi connectivity index (χ0n) is 17.8.